The van der Waals surface area contributed by atoms with Crippen LogP contribution in [0.25, 0.3) is 0 Å². The topological polar surface area (TPSA) is 189 Å². The molecule has 0 saturated carbocycles. The van der Waals surface area contributed by atoms with Gasteiger partial charge in [0.15, 0.2) is 6.29 Å². The van der Waals surface area contributed by atoms with Crippen molar-refractivity contribution in [2.45, 2.75) is 345 Å². The standard InChI is InChI=1S/C61H117NO10/c1-3-5-7-9-11-13-14-15-16-17-18-19-20-21-22-23-24-25-26-27-28-29-30-31-32-33-34-35-36-37-38-39-41-43-45-47-49-54(65)60(70)62-52(51-71-61-59(69)58(68)57(67)55(50-63)72-61)56(66)53(64)48-46-44-42-40-12-10-8-6-4-2/h22-23,25-26,52-59,61,63-69H,3-21,24,27-51H2,1-2H3,(H,62,70)/b23-22-,26-25-. The van der Waals surface area contributed by atoms with Crippen LogP contribution < -0.4 is 5.32 Å². The highest BCUT2D eigenvalue weighted by Gasteiger charge is 2.44. The van der Waals surface area contributed by atoms with Gasteiger partial charge in [0.2, 0.25) is 5.91 Å². The number of carbonyl (C=O) groups is 1. The normalized spacial score (nSPS) is 20.2. The van der Waals surface area contributed by atoms with E-state index in [1.54, 1.807) is 0 Å². The zero-order chi connectivity index (χ0) is 52.5. The molecule has 1 heterocycles. The molecule has 0 aromatic rings. The summed E-state index contributed by atoms with van der Waals surface area (Å²) in [5.41, 5.74) is 0. The first kappa shape index (κ1) is 68.6. The molecule has 0 aromatic heterocycles. The Kier molecular flexibility index (Phi) is 48.0. The average molecular weight is 1020 g/mol. The molecule has 8 N–H and O–H groups in total. The Morgan fingerprint density at radius 1 is 0.486 bits per heavy atom. The smallest absolute Gasteiger partial charge is 0.249 e. The molecular formula is C61H117NO10. The van der Waals surface area contributed by atoms with Crippen molar-refractivity contribution in [3.05, 3.63) is 24.3 Å². The second-order valence-electron chi connectivity index (χ2n) is 21.8. The molecular weight excluding hydrogens is 907 g/mol. The maximum Gasteiger partial charge on any atom is 0.249 e. The molecule has 1 amide bonds. The Hall–Kier alpha value is -1.41. The van der Waals surface area contributed by atoms with E-state index in [0.717, 1.165) is 44.9 Å². The van der Waals surface area contributed by atoms with E-state index < -0.39 is 74.2 Å². The number of ether oxygens (including phenoxy) is 2. The van der Waals surface area contributed by atoms with Crippen LogP contribution in [0.1, 0.15) is 290 Å². The minimum atomic E-state index is -1.66. The van der Waals surface area contributed by atoms with E-state index in [0.29, 0.717) is 19.3 Å². The van der Waals surface area contributed by atoms with Crippen LogP contribution >= 0.6 is 0 Å². The SMILES string of the molecule is CCCCCCCCCCCCCCC/C=C\C/C=C\CCCCCCCCCCCCCCCCCCC(O)C(=O)NC(COC1OC(CO)C(O)C(O)C1O)C(O)C(O)CCCCCCCCCCC. The molecule has 1 fully saturated rings. The third kappa shape index (κ3) is 38.2. The Balaban J connectivity index is 2.10. The maximum atomic E-state index is 13.1. The summed E-state index contributed by atoms with van der Waals surface area (Å²) in [5.74, 6) is -0.695. The van der Waals surface area contributed by atoms with E-state index >= 15 is 0 Å². The molecule has 72 heavy (non-hydrogen) atoms. The molecule has 1 rings (SSSR count). The van der Waals surface area contributed by atoms with Gasteiger partial charge in [-0.3, -0.25) is 4.79 Å². The van der Waals surface area contributed by atoms with Crippen molar-refractivity contribution >= 4 is 5.91 Å². The zero-order valence-corrected chi connectivity index (χ0v) is 46.7. The number of rotatable bonds is 53. The van der Waals surface area contributed by atoms with Crippen LogP contribution in [0.5, 0.6) is 0 Å². The van der Waals surface area contributed by atoms with E-state index in [1.165, 1.54) is 205 Å². The number of hydrogen-bond donors (Lipinski definition) is 8. The van der Waals surface area contributed by atoms with Gasteiger partial charge in [0.1, 0.15) is 36.6 Å². The molecule has 0 spiro atoms. The largest absolute Gasteiger partial charge is 0.394 e. The summed E-state index contributed by atoms with van der Waals surface area (Å²) >= 11 is 0. The number of allylic oxidation sites excluding steroid dienone is 4. The molecule has 0 bridgehead atoms. The first-order chi connectivity index (χ1) is 35.2. The Morgan fingerprint density at radius 3 is 1.24 bits per heavy atom. The van der Waals surface area contributed by atoms with E-state index in [9.17, 15) is 40.5 Å². The summed E-state index contributed by atoms with van der Waals surface area (Å²) in [4.78, 5) is 13.1. The zero-order valence-electron chi connectivity index (χ0n) is 46.7. The Labute approximate surface area is 442 Å². The quantitative estimate of drug-likeness (QED) is 0.0215. The van der Waals surface area contributed by atoms with Crippen molar-refractivity contribution in [1.82, 2.24) is 5.32 Å². The van der Waals surface area contributed by atoms with E-state index in [4.69, 9.17) is 9.47 Å². The van der Waals surface area contributed by atoms with Gasteiger partial charge in [0, 0.05) is 0 Å². The number of aliphatic hydroxyl groups excluding tert-OH is 7. The highest BCUT2D eigenvalue weighted by atomic mass is 16.7. The van der Waals surface area contributed by atoms with Gasteiger partial charge in [-0.25, -0.2) is 0 Å². The van der Waals surface area contributed by atoms with Crippen molar-refractivity contribution in [3.8, 4) is 0 Å². The predicted octanol–water partition coefficient (Wildman–Crippen LogP) is 13.3. The van der Waals surface area contributed by atoms with Gasteiger partial charge in [-0.2, -0.15) is 0 Å². The van der Waals surface area contributed by atoms with Gasteiger partial charge in [-0.1, -0.05) is 269 Å². The van der Waals surface area contributed by atoms with Crippen molar-refractivity contribution in [3.63, 3.8) is 0 Å². The highest BCUT2D eigenvalue weighted by Crippen LogP contribution is 2.24. The monoisotopic (exact) mass is 1020 g/mol. The van der Waals surface area contributed by atoms with E-state index in [-0.39, 0.29) is 6.42 Å². The summed E-state index contributed by atoms with van der Waals surface area (Å²) in [5, 5.41) is 75.8. The maximum absolute atomic E-state index is 13.1. The van der Waals surface area contributed by atoms with Crippen LogP contribution in [0.4, 0.5) is 0 Å². The summed E-state index contributed by atoms with van der Waals surface area (Å²) < 4.78 is 11.1. The summed E-state index contributed by atoms with van der Waals surface area (Å²) in [6.07, 6.45) is 50.0. The summed E-state index contributed by atoms with van der Waals surface area (Å²) in [7, 11) is 0. The number of aliphatic hydroxyl groups is 7. The van der Waals surface area contributed by atoms with Gasteiger partial charge in [-0.15, -0.1) is 0 Å². The third-order valence-electron chi connectivity index (χ3n) is 15.0. The minimum Gasteiger partial charge on any atom is -0.394 e. The van der Waals surface area contributed by atoms with Crippen molar-refractivity contribution in [2.24, 2.45) is 0 Å². The number of nitrogens with one attached hydrogen (secondary N) is 1. The van der Waals surface area contributed by atoms with Crippen molar-refractivity contribution in [1.29, 1.82) is 0 Å². The average Bonchev–Trinajstić information content (AvgIpc) is 3.38. The van der Waals surface area contributed by atoms with Crippen LogP contribution in [-0.4, -0.2) is 110 Å². The second-order valence-corrected chi connectivity index (χ2v) is 21.8. The lowest BCUT2D eigenvalue weighted by molar-refractivity contribution is -0.303. The van der Waals surface area contributed by atoms with Crippen LogP contribution in [0.3, 0.4) is 0 Å². The number of hydrogen-bond acceptors (Lipinski definition) is 10. The fraction of sp³-hybridized carbons (Fsp3) is 0.918. The number of carbonyl (C=O) groups excluding carboxylic acids is 1. The fourth-order valence-corrected chi connectivity index (χ4v) is 10.0. The molecule has 9 unspecified atom stereocenters. The number of amides is 1. The molecule has 11 heteroatoms. The van der Waals surface area contributed by atoms with Gasteiger partial charge < -0.3 is 50.5 Å². The molecule has 426 valence electrons. The van der Waals surface area contributed by atoms with E-state index in [2.05, 4.69) is 43.5 Å². The van der Waals surface area contributed by atoms with Crippen LogP contribution in [0, 0.1) is 0 Å². The molecule has 9 atom stereocenters. The second kappa shape index (κ2) is 50.4. The lowest BCUT2D eigenvalue weighted by Gasteiger charge is -2.40. The first-order valence-electron chi connectivity index (χ1n) is 30.7. The van der Waals surface area contributed by atoms with Crippen LogP contribution in [0.2, 0.25) is 0 Å². The van der Waals surface area contributed by atoms with Gasteiger partial charge in [-0.05, 0) is 44.9 Å². The Morgan fingerprint density at radius 2 is 0.847 bits per heavy atom. The molecule has 1 saturated heterocycles. The predicted molar refractivity (Wildman–Crippen MR) is 298 cm³/mol. The summed E-state index contributed by atoms with van der Waals surface area (Å²) in [6.45, 7) is 3.44. The van der Waals surface area contributed by atoms with Crippen molar-refractivity contribution < 1.29 is 50.0 Å². The molecule has 11 nitrogen and oxygen atoms in total. The lowest BCUT2D eigenvalue weighted by atomic mass is 9.98. The number of unbranched alkanes of at least 4 members (excludes halogenated alkanes) is 37. The molecule has 1 aliphatic rings. The van der Waals surface area contributed by atoms with Crippen molar-refractivity contribution in [2.75, 3.05) is 13.2 Å². The third-order valence-corrected chi connectivity index (χ3v) is 15.0. The van der Waals surface area contributed by atoms with Crippen LogP contribution in [0.15, 0.2) is 24.3 Å². The minimum absolute atomic E-state index is 0.262. The lowest BCUT2D eigenvalue weighted by Crippen LogP contribution is -2.60. The van der Waals surface area contributed by atoms with Gasteiger partial charge in [0.05, 0.1) is 25.4 Å². The summed E-state index contributed by atoms with van der Waals surface area (Å²) in [6, 6.07) is -1.16. The first-order valence-corrected chi connectivity index (χ1v) is 30.7. The molecule has 1 aliphatic heterocycles. The van der Waals surface area contributed by atoms with Gasteiger partial charge >= 0.3 is 0 Å². The Bertz CT molecular complexity index is 1220. The fourth-order valence-electron chi connectivity index (χ4n) is 10.0. The van der Waals surface area contributed by atoms with Gasteiger partial charge in [0.25, 0.3) is 0 Å². The molecule has 0 aliphatic carbocycles. The molecule has 0 aromatic carbocycles. The van der Waals surface area contributed by atoms with E-state index in [1.807, 2.05) is 0 Å². The molecule has 0 radical (unpaired) electrons. The highest BCUT2D eigenvalue weighted by molar-refractivity contribution is 5.80. The van der Waals surface area contributed by atoms with Crippen LogP contribution in [-0.2, 0) is 14.3 Å².